The van der Waals surface area contributed by atoms with Crippen molar-refractivity contribution in [1.29, 1.82) is 0 Å². The summed E-state index contributed by atoms with van der Waals surface area (Å²) in [6.07, 6.45) is 0. The zero-order valence-corrected chi connectivity index (χ0v) is 8.44. The second kappa shape index (κ2) is 3.93. The van der Waals surface area contributed by atoms with Gasteiger partial charge in [-0.2, -0.15) is 8.42 Å². The van der Waals surface area contributed by atoms with Gasteiger partial charge in [-0.1, -0.05) is 0 Å². The zero-order valence-electron chi connectivity index (χ0n) is 7.62. The Morgan fingerprint density at radius 1 is 1.40 bits per heavy atom. The number of halogens is 2. The molecule has 1 aromatic carbocycles. The van der Waals surface area contributed by atoms with Gasteiger partial charge in [0.25, 0.3) is 0 Å². The summed E-state index contributed by atoms with van der Waals surface area (Å²) in [6.45, 7) is 1.17. The van der Waals surface area contributed by atoms with Crippen LogP contribution in [0.5, 0.6) is 0 Å². The van der Waals surface area contributed by atoms with Crippen molar-refractivity contribution < 1.29 is 21.5 Å². The molecule has 0 bridgehead atoms. The largest absolute Gasteiger partial charge is 0.332 e. The van der Waals surface area contributed by atoms with E-state index in [-0.39, 0.29) is 5.69 Å². The molecule has 4 nitrogen and oxygen atoms in total. The Labute approximate surface area is 85.1 Å². The third-order valence-electron chi connectivity index (χ3n) is 1.53. The molecule has 1 rings (SSSR count). The lowest BCUT2D eigenvalue weighted by atomic mass is 10.3. The first kappa shape index (κ1) is 11.6. The van der Waals surface area contributed by atoms with E-state index in [0.29, 0.717) is 6.07 Å². The summed E-state index contributed by atoms with van der Waals surface area (Å²) in [4.78, 5) is 9.79. The molecule has 1 aromatic rings. The lowest BCUT2D eigenvalue weighted by molar-refractivity contribution is -0.114. The SMILES string of the molecule is CC(=O)Nc1ccc(S(=O)(=O)F)cc1F. The van der Waals surface area contributed by atoms with Gasteiger partial charge in [0.2, 0.25) is 5.91 Å². The van der Waals surface area contributed by atoms with Gasteiger partial charge in [-0.3, -0.25) is 4.79 Å². The quantitative estimate of drug-likeness (QED) is 0.789. The van der Waals surface area contributed by atoms with Gasteiger partial charge < -0.3 is 5.32 Å². The highest BCUT2D eigenvalue weighted by Crippen LogP contribution is 2.20. The summed E-state index contributed by atoms with van der Waals surface area (Å²) in [6, 6.07) is 2.34. The van der Waals surface area contributed by atoms with Crippen LogP contribution in [0, 0.1) is 5.82 Å². The van der Waals surface area contributed by atoms with Gasteiger partial charge in [0.15, 0.2) is 0 Å². The van der Waals surface area contributed by atoms with E-state index < -0.39 is 26.8 Å². The zero-order chi connectivity index (χ0) is 11.6. The van der Waals surface area contributed by atoms with E-state index in [1.165, 1.54) is 6.92 Å². The fourth-order valence-electron chi connectivity index (χ4n) is 0.939. The molecule has 0 unspecified atom stereocenters. The topological polar surface area (TPSA) is 63.2 Å². The molecule has 7 heteroatoms. The Bertz CT molecular complexity index is 499. The van der Waals surface area contributed by atoms with Crippen molar-refractivity contribution in [1.82, 2.24) is 0 Å². The molecule has 0 atom stereocenters. The van der Waals surface area contributed by atoms with E-state index in [4.69, 9.17) is 0 Å². The van der Waals surface area contributed by atoms with Gasteiger partial charge in [-0.05, 0) is 18.2 Å². The van der Waals surface area contributed by atoms with Crippen molar-refractivity contribution in [2.75, 3.05) is 5.32 Å². The predicted octanol–water partition coefficient (Wildman–Crippen LogP) is 1.44. The Morgan fingerprint density at radius 2 is 2.00 bits per heavy atom. The second-order valence-corrected chi connectivity index (χ2v) is 4.11. The highest BCUT2D eigenvalue weighted by atomic mass is 32.3. The average Bonchev–Trinajstić information content (AvgIpc) is 2.05. The van der Waals surface area contributed by atoms with Crippen molar-refractivity contribution in [3.8, 4) is 0 Å². The second-order valence-electron chi connectivity index (χ2n) is 2.76. The summed E-state index contributed by atoms with van der Waals surface area (Å²) in [5, 5.41) is 2.12. The number of hydrogen-bond donors (Lipinski definition) is 1. The maximum atomic E-state index is 13.1. The number of amides is 1. The summed E-state index contributed by atoms with van der Waals surface area (Å²) in [7, 11) is -4.92. The Kier molecular flexibility index (Phi) is 3.04. The number of carbonyl (C=O) groups excluding carboxylic acids is 1. The minimum absolute atomic E-state index is 0.199. The van der Waals surface area contributed by atoms with Crippen LogP contribution >= 0.6 is 0 Å². The fourth-order valence-corrected chi connectivity index (χ4v) is 1.41. The first-order chi connectivity index (χ1) is 6.80. The van der Waals surface area contributed by atoms with Gasteiger partial charge in [0, 0.05) is 6.92 Å². The van der Waals surface area contributed by atoms with Crippen LogP contribution in [0.15, 0.2) is 23.1 Å². The Morgan fingerprint density at radius 3 is 2.40 bits per heavy atom. The lowest BCUT2D eigenvalue weighted by Crippen LogP contribution is -2.07. The lowest BCUT2D eigenvalue weighted by Gasteiger charge is -2.03. The van der Waals surface area contributed by atoms with E-state index in [1.54, 1.807) is 0 Å². The number of benzene rings is 1. The van der Waals surface area contributed by atoms with Crippen LogP contribution in [0.4, 0.5) is 14.0 Å². The molecule has 0 aliphatic carbocycles. The summed E-state index contributed by atoms with van der Waals surface area (Å²) in [5.41, 5.74) is -0.199. The maximum absolute atomic E-state index is 13.1. The predicted molar refractivity (Wildman–Crippen MR) is 49.0 cm³/mol. The number of nitrogens with one attached hydrogen (secondary N) is 1. The Hall–Kier alpha value is -1.50. The molecule has 15 heavy (non-hydrogen) atoms. The molecule has 0 heterocycles. The summed E-state index contributed by atoms with van der Waals surface area (Å²) < 4.78 is 46.3. The normalized spacial score (nSPS) is 11.1. The van der Waals surface area contributed by atoms with Crippen LogP contribution < -0.4 is 5.32 Å². The summed E-state index contributed by atoms with van der Waals surface area (Å²) in [5.74, 6) is -1.52. The first-order valence-corrected chi connectivity index (χ1v) is 5.21. The third-order valence-corrected chi connectivity index (χ3v) is 2.35. The number of anilines is 1. The van der Waals surface area contributed by atoms with Crippen molar-refractivity contribution in [2.45, 2.75) is 11.8 Å². The minimum Gasteiger partial charge on any atom is -0.324 e. The van der Waals surface area contributed by atoms with E-state index in [2.05, 4.69) is 5.32 Å². The number of hydrogen-bond acceptors (Lipinski definition) is 3. The average molecular weight is 235 g/mol. The van der Waals surface area contributed by atoms with Crippen LogP contribution in [0.1, 0.15) is 6.92 Å². The molecule has 0 radical (unpaired) electrons. The van der Waals surface area contributed by atoms with Crippen molar-refractivity contribution in [3.05, 3.63) is 24.0 Å². The smallest absolute Gasteiger partial charge is 0.324 e. The number of rotatable bonds is 2. The first-order valence-electron chi connectivity index (χ1n) is 3.82. The molecule has 0 aliphatic heterocycles. The van der Waals surface area contributed by atoms with E-state index >= 15 is 0 Å². The molecule has 82 valence electrons. The molecule has 0 spiro atoms. The van der Waals surface area contributed by atoms with E-state index in [1.807, 2.05) is 0 Å². The van der Waals surface area contributed by atoms with Crippen molar-refractivity contribution in [2.24, 2.45) is 0 Å². The number of carbonyl (C=O) groups is 1. The van der Waals surface area contributed by atoms with Gasteiger partial charge in [0.05, 0.1) is 5.69 Å². The summed E-state index contributed by atoms with van der Waals surface area (Å²) >= 11 is 0. The van der Waals surface area contributed by atoms with Gasteiger partial charge in [-0.15, -0.1) is 3.89 Å². The van der Waals surface area contributed by atoms with E-state index in [0.717, 1.165) is 12.1 Å². The highest BCUT2D eigenvalue weighted by molar-refractivity contribution is 7.86. The maximum Gasteiger partial charge on any atom is 0.332 e. The van der Waals surface area contributed by atoms with Crippen molar-refractivity contribution >= 4 is 21.8 Å². The van der Waals surface area contributed by atoms with Gasteiger partial charge >= 0.3 is 10.2 Å². The van der Waals surface area contributed by atoms with E-state index in [9.17, 15) is 21.5 Å². The van der Waals surface area contributed by atoms with Gasteiger partial charge in [0.1, 0.15) is 10.7 Å². The standard InChI is InChI=1S/C8H7F2NO3S/c1-5(12)11-8-3-2-6(4-7(8)9)15(10,13)14/h2-4H,1H3,(H,11,12). The molecule has 0 saturated carbocycles. The van der Waals surface area contributed by atoms with Crippen LogP contribution in [-0.2, 0) is 15.0 Å². The molecular formula is C8H7F2NO3S. The van der Waals surface area contributed by atoms with Crippen LogP contribution in [0.2, 0.25) is 0 Å². The minimum atomic E-state index is -4.92. The molecule has 0 aliphatic rings. The molecule has 1 amide bonds. The molecule has 1 N–H and O–H groups in total. The van der Waals surface area contributed by atoms with Crippen LogP contribution in [0.25, 0.3) is 0 Å². The van der Waals surface area contributed by atoms with Crippen molar-refractivity contribution in [3.63, 3.8) is 0 Å². The van der Waals surface area contributed by atoms with Crippen LogP contribution in [0.3, 0.4) is 0 Å². The highest BCUT2D eigenvalue weighted by Gasteiger charge is 2.14. The molecule has 0 fully saturated rings. The molecular weight excluding hydrogens is 228 g/mol. The molecule has 0 aromatic heterocycles. The van der Waals surface area contributed by atoms with Gasteiger partial charge in [-0.25, -0.2) is 4.39 Å². The monoisotopic (exact) mass is 235 g/mol. The fraction of sp³-hybridized carbons (Fsp3) is 0.125. The Balaban J connectivity index is 3.15. The molecule has 0 saturated heterocycles. The third kappa shape index (κ3) is 2.98. The van der Waals surface area contributed by atoms with Crippen LogP contribution in [-0.4, -0.2) is 14.3 Å².